The molecule has 1 rings (SSSR count). The molecule has 0 aromatic carbocycles. The molecule has 11 heavy (non-hydrogen) atoms. The SMILES string of the molecule is C[n+]1ccccc1/C(N)=N/O. The Bertz CT molecular complexity index is 283. The highest BCUT2D eigenvalue weighted by atomic mass is 16.4. The first-order valence-corrected chi connectivity index (χ1v) is 3.18. The molecule has 3 N–H and O–H groups in total. The van der Waals surface area contributed by atoms with Gasteiger partial charge in [-0.1, -0.05) is 5.16 Å². The minimum absolute atomic E-state index is 0.119. The minimum Gasteiger partial charge on any atom is -0.409 e. The van der Waals surface area contributed by atoms with Crippen molar-refractivity contribution in [2.75, 3.05) is 0 Å². The standard InChI is InChI=1S/C7H9N3O/c1-10-5-3-2-4-6(10)7(8)9-11/h2-5H,8H2,1H3/p+1. The molecule has 0 amide bonds. The number of aromatic nitrogens is 1. The number of aryl methyl sites for hydroxylation is 1. The Balaban J connectivity index is 3.14. The fourth-order valence-corrected chi connectivity index (χ4v) is 0.841. The van der Waals surface area contributed by atoms with Gasteiger partial charge in [0, 0.05) is 12.1 Å². The van der Waals surface area contributed by atoms with Crippen molar-refractivity contribution in [1.82, 2.24) is 0 Å². The van der Waals surface area contributed by atoms with Gasteiger partial charge in [0.2, 0.25) is 5.84 Å². The van der Waals surface area contributed by atoms with Crippen LogP contribution in [0.25, 0.3) is 0 Å². The minimum atomic E-state index is 0.119. The smallest absolute Gasteiger partial charge is 0.250 e. The Morgan fingerprint density at radius 2 is 2.36 bits per heavy atom. The maximum atomic E-state index is 8.36. The molecule has 0 unspecified atom stereocenters. The fraction of sp³-hybridized carbons (Fsp3) is 0.143. The second-order valence-electron chi connectivity index (χ2n) is 2.18. The Hall–Kier alpha value is -1.58. The lowest BCUT2D eigenvalue weighted by atomic mass is 10.3. The van der Waals surface area contributed by atoms with E-state index < -0.39 is 0 Å². The third-order valence-electron chi connectivity index (χ3n) is 1.43. The van der Waals surface area contributed by atoms with Crippen LogP contribution in [-0.2, 0) is 7.05 Å². The normalized spacial score (nSPS) is 11.5. The molecule has 0 aliphatic rings. The van der Waals surface area contributed by atoms with Crippen molar-refractivity contribution in [3.63, 3.8) is 0 Å². The fourth-order valence-electron chi connectivity index (χ4n) is 0.841. The van der Waals surface area contributed by atoms with Crippen LogP contribution in [0, 0.1) is 0 Å². The monoisotopic (exact) mass is 152 g/mol. The Kier molecular flexibility index (Phi) is 2.06. The summed E-state index contributed by atoms with van der Waals surface area (Å²) in [5, 5.41) is 11.3. The highest BCUT2D eigenvalue weighted by molar-refractivity contribution is 5.93. The van der Waals surface area contributed by atoms with Crippen molar-refractivity contribution in [1.29, 1.82) is 0 Å². The van der Waals surface area contributed by atoms with Crippen molar-refractivity contribution in [2.24, 2.45) is 17.9 Å². The van der Waals surface area contributed by atoms with E-state index in [1.807, 2.05) is 25.4 Å². The first-order chi connectivity index (χ1) is 5.25. The van der Waals surface area contributed by atoms with Gasteiger partial charge in [0.05, 0.1) is 0 Å². The molecule has 0 aliphatic carbocycles. The van der Waals surface area contributed by atoms with Gasteiger partial charge in [-0.2, -0.15) is 4.57 Å². The maximum absolute atomic E-state index is 8.36. The molecular formula is C7H10N3O+. The third-order valence-corrected chi connectivity index (χ3v) is 1.43. The Morgan fingerprint density at radius 1 is 1.64 bits per heavy atom. The quantitative estimate of drug-likeness (QED) is 0.189. The number of oxime groups is 1. The molecule has 4 heteroatoms. The van der Waals surface area contributed by atoms with Crippen molar-refractivity contribution >= 4 is 5.84 Å². The van der Waals surface area contributed by atoms with E-state index >= 15 is 0 Å². The van der Waals surface area contributed by atoms with Crippen LogP contribution in [0.4, 0.5) is 0 Å². The van der Waals surface area contributed by atoms with Gasteiger partial charge in [-0.05, 0) is 6.07 Å². The third kappa shape index (κ3) is 1.46. The number of pyridine rings is 1. The zero-order chi connectivity index (χ0) is 8.27. The number of amidine groups is 1. The number of hydrogen-bond acceptors (Lipinski definition) is 2. The number of nitrogens with zero attached hydrogens (tertiary/aromatic N) is 2. The molecule has 0 spiro atoms. The highest BCUT2D eigenvalue weighted by Crippen LogP contribution is 1.88. The summed E-state index contributed by atoms with van der Waals surface area (Å²) in [6, 6.07) is 5.47. The number of nitrogens with two attached hydrogens (primary N) is 1. The molecule has 58 valence electrons. The number of rotatable bonds is 1. The van der Waals surface area contributed by atoms with Crippen LogP contribution in [0.1, 0.15) is 5.69 Å². The van der Waals surface area contributed by atoms with Crippen LogP contribution < -0.4 is 10.3 Å². The van der Waals surface area contributed by atoms with Gasteiger partial charge >= 0.3 is 0 Å². The average Bonchev–Trinajstić information content (AvgIpc) is 2.04. The summed E-state index contributed by atoms with van der Waals surface area (Å²) in [4.78, 5) is 0. The van der Waals surface area contributed by atoms with Gasteiger partial charge in [-0.25, -0.2) is 0 Å². The molecule has 0 bridgehead atoms. The van der Waals surface area contributed by atoms with Crippen LogP contribution in [-0.4, -0.2) is 11.0 Å². The summed E-state index contributed by atoms with van der Waals surface area (Å²) in [5.41, 5.74) is 6.06. The van der Waals surface area contributed by atoms with E-state index in [1.165, 1.54) is 0 Å². The lowest BCUT2D eigenvalue weighted by Gasteiger charge is -1.94. The average molecular weight is 152 g/mol. The molecule has 0 saturated carbocycles. The Labute approximate surface area is 64.6 Å². The molecule has 1 heterocycles. The summed E-state index contributed by atoms with van der Waals surface area (Å²) < 4.78 is 1.77. The number of hydrogen-bond donors (Lipinski definition) is 2. The van der Waals surface area contributed by atoms with Crippen molar-refractivity contribution < 1.29 is 9.77 Å². The maximum Gasteiger partial charge on any atom is 0.250 e. The van der Waals surface area contributed by atoms with Gasteiger partial charge in [-0.15, -0.1) is 0 Å². The summed E-state index contributed by atoms with van der Waals surface area (Å²) >= 11 is 0. The van der Waals surface area contributed by atoms with Crippen LogP contribution in [0.2, 0.25) is 0 Å². The first kappa shape index (κ1) is 7.53. The highest BCUT2D eigenvalue weighted by Gasteiger charge is 2.08. The molecule has 0 atom stereocenters. The van der Waals surface area contributed by atoms with Gasteiger partial charge < -0.3 is 10.9 Å². The summed E-state index contributed by atoms with van der Waals surface area (Å²) in [6.45, 7) is 0. The van der Waals surface area contributed by atoms with Crippen LogP contribution in [0.15, 0.2) is 29.6 Å². The summed E-state index contributed by atoms with van der Waals surface area (Å²) in [7, 11) is 1.83. The molecule has 0 radical (unpaired) electrons. The van der Waals surface area contributed by atoms with E-state index in [0.717, 1.165) is 0 Å². The van der Waals surface area contributed by atoms with Crippen molar-refractivity contribution in [3.8, 4) is 0 Å². The summed E-state index contributed by atoms with van der Waals surface area (Å²) in [5.74, 6) is 0.119. The van der Waals surface area contributed by atoms with Gasteiger partial charge in [-0.3, -0.25) is 0 Å². The second-order valence-corrected chi connectivity index (χ2v) is 2.18. The first-order valence-electron chi connectivity index (χ1n) is 3.18. The van der Waals surface area contributed by atoms with Crippen LogP contribution in [0.5, 0.6) is 0 Å². The largest absolute Gasteiger partial charge is 0.409 e. The summed E-state index contributed by atoms with van der Waals surface area (Å²) in [6.07, 6.45) is 1.83. The molecule has 0 fully saturated rings. The van der Waals surface area contributed by atoms with Gasteiger partial charge in [0.1, 0.15) is 7.05 Å². The second kappa shape index (κ2) is 3.01. The van der Waals surface area contributed by atoms with E-state index in [1.54, 1.807) is 10.6 Å². The predicted molar refractivity (Wildman–Crippen MR) is 40.1 cm³/mol. The van der Waals surface area contributed by atoms with Crippen LogP contribution >= 0.6 is 0 Å². The van der Waals surface area contributed by atoms with Gasteiger partial charge in [0.15, 0.2) is 6.20 Å². The van der Waals surface area contributed by atoms with E-state index in [0.29, 0.717) is 5.69 Å². The lowest BCUT2D eigenvalue weighted by Crippen LogP contribution is -2.38. The van der Waals surface area contributed by atoms with Gasteiger partial charge in [0.25, 0.3) is 5.69 Å². The predicted octanol–water partition coefficient (Wildman–Crippen LogP) is -0.394. The molecule has 1 aromatic heterocycles. The van der Waals surface area contributed by atoms with E-state index in [9.17, 15) is 0 Å². The topological polar surface area (TPSA) is 62.5 Å². The van der Waals surface area contributed by atoms with E-state index in [4.69, 9.17) is 10.9 Å². The van der Waals surface area contributed by atoms with E-state index in [-0.39, 0.29) is 5.84 Å². The van der Waals surface area contributed by atoms with E-state index in [2.05, 4.69) is 5.16 Å². The van der Waals surface area contributed by atoms with Crippen molar-refractivity contribution in [3.05, 3.63) is 30.1 Å². The molecule has 0 aliphatic heterocycles. The molecular weight excluding hydrogens is 142 g/mol. The molecule has 0 saturated heterocycles. The lowest BCUT2D eigenvalue weighted by molar-refractivity contribution is -0.672. The zero-order valence-corrected chi connectivity index (χ0v) is 6.23. The molecule has 4 nitrogen and oxygen atoms in total. The zero-order valence-electron chi connectivity index (χ0n) is 6.23. The molecule has 1 aromatic rings. The van der Waals surface area contributed by atoms with Crippen molar-refractivity contribution in [2.45, 2.75) is 0 Å². The Morgan fingerprint density at radius 3 is 2.91 bits per heavy atom. The van der Waals surface area contributed by atoms with Crippen LogP contribution in [0.3, 0.4) is 0 Å².